The molecule has 0 saturated carbocycles. The third kappa shape index (κ3) is 6.38. The van der Waals surface area contributed by atoms with Gasteiger partial charge in [-0.15, -0.1) is 0 Å². The Bertz CT molecular complexity index is 1590. The maximum absolute atomic E-state index is 13.3. The summed E-state index contributed by atoms with van der Waals surface area (Å²) in [4.78, 5) is 45.6. The molecule has 42 heavy (non-hydrogen) atoms. The number of hydrogen-bond acceptors (Lipinski definition) is 10. The number of amides is 3. The summed E-state index contributed by atoms with van der Waals surface area (Å²) in [5.74, 6) is 0.657. The molecule has 0 aliphatic carbocycles. The highest BCUT2D eigenvalue weighted by molar-refractivity contribution is 6.99. The van der Waals surface area contributed by atoms with Crippen molar-refractivity contribution in [3.05, 3.63) is 71.3 Å². The van der Waals surface area contributed by atoms with Gasteiger partial charge in [-0.1, -0.05) is 30.3 Å². The molecule has 0 spiro atoms. The van der Waals surface area contributed by atoms with Crippen molar-refractivity contribution in [1.82, 2.24) is 39.0 Å². The molecule has 1 aliphatic heterocycles. The minimum absolute atomic E-state index is 0.0667. The lowest BCUT2D eigenvalue weighted by Gasteiger charge is -2.23. The predicted octanol–water partition coefficient (Wildman–Crippen LogP) is 2.26. The zero-order valence-corrected chi connectivity index (χ0v) is 24.2. The minimum atomic E-state index is -0.546. The fraction of sp³-hybridized carbons (Fsp3) is 0.321. The summed E-state index contributed by atoms with van der Waals surface area (Å²) in [7, 11) is 1.52. The van der Waals surface area contributed by atoms with Crippen molar-refractivity contribution < 1.29 is 23.9 Å². The van der Waals surface area contributed by atoms with Crippen LogP contribution in [0, 0.1) is 6.92 Å². The summed E-state index contributed by atoms with van der Waals surface area (Å²) in [6, 6.07) is 13.9. The lowest BCUT2D eigenvalue weighted by Crippen LogP contribution is -2.45. The highest BCUT2D eigenvalue weighted by Gasteiger charge is 2.26. The zero-order valence-electron chi connectivity index (χ0n) is 23.4. The number of fused-ring (bicyclic) bond motifs is 3. The van der Waals surface area contributed by atoms with Crippen molar-refractivity contribution in [2.45, 2.75) is 26.4 Å². The number of benzene rings is 2. The standard InChI is InChI=1S/C28H30N8O5S/c1-17-24(34-42-33-17)28(39)35-12-11-29-27(38)20-9-10-21(40-3)22(15-20)41-14-13-36-26(18(2)30-23(37)16-35)31-25(32-36)19-7-5-4-6-8-19/h4-10,15,18H,11-14,16H2,1-3H3,(H,29,38)(H,30,37)/t18-/m1/s1. The number of rotatable bonds is 3. The largest absolute Gasteiger partial charge is 0.493 e. The molecule has 14 heteroatoms. The first-order valence-electron chi connectivity index (χ1n) is 13.3. The van der Waals surface area contributed by atoms with Crippen LogP contribution in [0.2, 0.25) is 0 Å². The zero-order chi connectivity index (χ0) is 29.6. The van der Waals surface area contributed by atoms with Crippen molar-refractivity contribution in [1.29, 1.82) is 0 Å². The van der Waals surface area contributed by atoms with Crippen LogP contribution in [0.25, 0.3) is 11.4 Å². The Labute approximate surface area is 246 Å². The number of methoxy groups -OCH3 is 1. The first-order valence-corrected chi connectivity index (χ1v) is 14.0. The first-order chi connectivity index (χ1) is 20.3. The van der Waals surface area contributed by atoms with Gasteiger partial charge in [0, 0.05) is 24.2 Å². The molecule has 3 heterocycles. The van der Waals surface area contributed by atoms with Crippen LogP contribution in [0.3, 0.4) is 0 Å². The fourth-order valence-corrected chi connectivity index (χ4v) is 5.02. The molecular formula is C28H30N8O5S. The van der Waals surface area contributed by atoms with Gasteiger partial charge in [0.2, 0.25) is 5.91 Å². The second-order valence-corrected chi connectivity index (χ2v) is 10.1. The number of carbonyl (C=O) groups is 3. The van der Waals surface area contributed by atoms with Gasteiger partial charge in [-0.25, -0.2) is 9.67 Å². The van der Waals surface area contributed by atoms with Crippen LogP contribution in [-0.2, 0) is 11.3 Å². The number of nitrogens with zero attached hydrogens (tertiary/aromatic N) is 6. The molecule has 2 bridgehead atoms. The van der Waals surface area contributed by atoms with Gasteiger partial charge in [-0.3, -0.25) is 14.4 Å². The van der Waals surface area contributed by atoms with Crippen molar-refractivity contribution in [2.24, 2.45) is 0 Å². The van der Waals surface area contributed by atoms with Gasteiger partial charge in [0.25, 0.3) is 11.8 Å². The maximum Gasteiger partial charge on any atom is 0.276 e. The van der Waals surface area contributed by atoms with E-state index >= 15 is 0 Å². The van der Waals surface area contributed by atoms with Crippen LogP contribution in [0.4, 0.5) is 0 Å². The van der Waals surface area contributed by atoms with Crippen molar-refractivity contribution in [3.8, 4) is 22.9 Å². The lowest BCUT2D eigenvalue weighted by atomic mass is 10.2. The molecule has 5 rings (SSSR count). The van der Waals surface area contributed by atoms with Gasteiger partial charge in [0.05, 0.1) is 43.7 Å². The highest BCUT2D eigenvalue weighted by atomic mass is 32.1. The number of aromatic nitrogens is 5. The molecule has 4 aromatic rings. The Morgan fingerprint density at radius 2 is 1.90 bits per heavy atom. The second-order valence-electron chi connectivity index (χ2n) is 9.57. The molecule has 13 nitrogen and oxygen atoms in total. The number of carbonyl (C=O) groups excluding carboxylic acids is 3. The monoisotopic (exact) mass is 590 g/mol. The average molecular weight is 591 g/mol. The molecule has 218 valence electrons. The number of hydrogen-bond donors (Lipinski definition) is 2. The van der Waals surface area contributed by atoms with Gasteiger partial charge in [0.1, 0.15) is 12.4 Å². The highest BCUT2D eigenvalue weighted by Crippen LogP contribution is 2.28. The summed E-state index contributed by atoms with van der Waals surface area (Å²) in [6.07, 6.45) is 0. The van der Waals surface area contributed by atoms with E-state index in [1.54, 1.807) is 36.7 Å². The topological polar surface area (TPSA) is 153 Å². The minimum Gasteiger partial charge on any atom is -0.493 e. The van der Waals surface area contributed by atoms with Gasteiger partial charge in [-0.05, 0) is 32.0 Å². The van der Waals surface area contributed by atoms with Crippen LogP contribution in [-0.4, -0.2) is 79.5 Å². The maximum atomic E-state index is 13.3. The normalized spacial score (nSPS) is 16.5. The molecule has 0 unspecified atom stereocenters. The molecule has 2 aromatic heterocycles. The summed E-state index contributed by atoms with van der Waals surface area (Å²) in [6.45, 7) is 3.88. The van der Waals surface area contributed by atoms with Gasteiger partial charge >= 0.3 is 0 Å². The fourth-order valence-electron chi connectivity index (χ4n) is 4.48. The number of aryl methyl sites for hydroxylation is 1. The van der Waals surface area contributed by atoms with E-state index in [9.17, 15) is 14.4 Å². The van der Waals surface area contributed by atoms with E-state index < -0.39 is 17.9 Å². The van der Waals surface area contributed by atoms with Crippen LogP contribution >= 0.6 is 11.7 Å². The van der Waals surface area contributed by atoms with Gasteiger partial charge < -0.3 is 25.0 Å². The van der Waals surface area contributed by atoms with Crippen LogP contribution in [0.1, 0.15) is 45.3 Å². The molecule has 2 aromatic carbocycles. The number of ether oxygens (including phenoxy) is 2. The molecule has 0 saturated heterocycles. The SMILES string of the molecule is COc1ccc2cc1OCCn1nc(-c3ccccc3)nc1[C@@H](C)NC(=O)CN(C(=O)c1nsnc1C)CCNC2=O. The molecule has 0 radical (unpaired) electrons. The molecule has 3 amide bonds. The first kappa shape index (κ1) is 28.7. The Hall–Kier alpha value is -4.85. The smallest absolute Gasteiger partial charge is 0.276 e. The summed E-state index contributed by atoms with van der Waals surface area (Å²) in [5.41, 5.74) is 1.82. The van der Waals surface area contributed by atoms with Crippen molar-refractivity contribution in [3.63, 3.8) is 0 Å². The van der Waals surface area contributed by atoms with E-state index in [-0.39, 0.29) is 37.8 Å². The summed E-state index contributed by atoms with van der Waals surface area (Å²) < 4.78 is 21.3. The Kier molecular flexibility index (Phi) is 8.71. The van der Waals surface area contributed by atoms with E-state index in [0.717, 1.165) is 17.3 Å². The van der Waals surface area contributed by atoms with E-state index in [4.69, 9.17) is 14.5 Å². The summed E-state index contributed by atoms with van der Waals surface area (Å²) in [5, 5.41) is 10.4. The lowest BCUT2D eigenvalue weighted by molar-refractivity contribution is -0.122. The molecule has 1 atom stereocenters. The van der Waals surface area contributed by atoms with Crippen LogP contribution in [0.15, 0.2) is 48.5 Å². The molecule has 1 aliphatic rings. The number of nitrogens with one attached hydrogen (secondary N) is 2. The summed E-state index contributed by atoms with van der Waals surface area (Å²) >= 11 is 0.922. The predicted molar refractivity (Wildman–Crippen MR) is 153 cm³/mol. The quantitative estimate of drug-likeness (QED) is 0.366. The average Bonchev–Trinajstić information content (AvgIpc) is 3.62. The molecule has 0 fully saturated rings. The van der Waals surface area contributed by atoms with E-state index in [0.29, 0.717) is 40.9 Å². The molecule has 2 N–H and O–H groups in total. The van der Waals surface area contributed by atoms with Crippen molar-refractivity contribution in [2.75, 3.05) is 33.4 Å². The van der Waals surface area contributed by atoms with Crippen LogP contribution < -0.4 is 20.1 Å². The molecular weight excluding hydrogens is 560 g/mol. The van der Waals surface area contributed by atoms with E-state index in [2.05, 4.69) is 24.5 Å². The van der Waals surface area contributed by atoms with E-state index in [1.165, 1.54) is 12.0 Å². The second kappa shape index (κ2) is 12.8. The van der Waals surface area contributed by atoms with E-state index in [1.807, 2.05) is 30.3 Å². The van der Waals surface area contributed by atoms with Crippen molar-refractivity contribution >= 4 is 29.4 Å². The Balaban J connectivity index is 1.48. The van der Waals surface area contributed by atoms with Gasteiger partial charge in [-0.2, -0.15) is 13.8 Å². The van der Waals surface area contributed by atoms with Crippen LogP contribution in [0.5, 0.6) is 11.5 Å². The Morgan fingerprint density at radius 3 is 2.64 bits per heavy atom. The van der Waals surface area contributed by atoms with Gasteiger partial charge in [0.15, 0.2) is 23.0 Å². The third-order valence-corrected chi connectivity index (χ3v) is 7.25. The third-order valence-electron chi connectivity index (χ3n) is 6.63. The Morgan fingerprint density at radius 1 is 1.10 bits per heavy atom.